The van der Waals surface area contributed by atoms with Gasteiger partial charge in [-0.05, 0) is 43.3 Å². The first-order chi connectivity index (χ1) is 8.65. The number of aromatic nitrogens is 1. The number of H-pyrrole nitrogens is 1. The van der Waals surface area contributed by atoms with Gasteiger partial charge in [-0.3, -0.25) is 0 Å². The van der Waals surface area contributed by atoms with Gasteiger partial charge >= 0.3 is 0 Å². The molecule has 0 fully saturated rings. The molecule has 0 amide bonds. The van der Waals surface area contributed by atoms with E-state index in [1.807, 2.05) is 12.1 Å². The summed E-state index contributed by atoms with van der Waals surface area (Å²) in [6.07, 6.45) is 0. The molecule has 94 valence electrons. The Morgan fingerprint density at radius 3 is 1.72 bits per heavy atom. The van der Waals surface area contributed by atoms with Gasteiger partial charge < -0.3 is 10.1 Å². The van der Waals surface area contributed by atoms with E-state index in [9.17, 15) is 0 Å². The molecule has 1 aromatic heterocycles. The zero-order chi connectivity index (χ0) is 13.1. The van der Waals surface area contributed by atoms with Crippen molar-refractivity contribution in [1.82, 2.24) is 4.98 Å². The molecule has 4 heteroatoms. The summed E-state index contributed by atoms with van der Waals surface area (Å²) >= 11 is 6.99. The molecular weight excluding hydrogens is 358 g/mol. The number of aliphatic hydroxyl groups excluding tert-OH is 1. The second kappa shape index (κ2) is 5.87. The van der Waals surface area contributed by atoms with Gasteiger partial charge in [0.05, 0.1) is 0 Å². The SMILES string of the molecule is Brc1ccc2[nH]c3ccc(Br)cc3c2c1.CCO. The van der Waals surface area contributed by atoms with E-state index in [0.717, 1.165) is 8.95 Å². The monoisotopic (exact) mass is 369 g/mol. The van der Waals surface area contributed by atoms with Gasteiger partial charge in [0, 0.05) is 37.4 Å². The number of aromatic amines is 1. The van der Waals surface area contributed by atoms with Gasteiger partial charge in [-0.15, -0.1) is 0 Å². The van der Waals surface area contributed by atoms with E-state index in [1.165, 1.54) is 21.8 Å². The van der Waals surface area contributed by atoms with E-state index in [1.54, 1.807) is 6.92 Å². The Labute approximate surface area is 122 Å². The minimum absolute atomic E-state index is 0.250. The zero-order valence-corrected chi connectivity index (χ0v) is 13.0. The van der Waals surface area contributed by atoms with Crippen molar-refractivity contribution in [3.05, 3.63) is 45.3 Å². The number of nitrogens with one attached hydrogen (secondary N) is 1. The first-order valence-corrected chi connectivity index (χ1v) is 7.21. The van der Waals surface area contributed by atoms with Gasteiger partial charge in [-0.1, -0.05) is 31.9 Å². The summed E-state index contributed by atoms with van der Waals surface area (Å²) in [7, 11) is 0. The molecule has 1 heterocycles. The number of hydrogen-bond donors (Lipinski definition) is 2. The third-order valence-electron chi connectivity index (χ3n) is 2.52. The molecule has 0 spiro atoms. The molecule has 0 bridgehead atoms. The van der Waals surface area contributed by atoms with Gasteiger partial charge in [0.2, 0.25) is 0 Å². The summed E-state index contributed by atoms with van der Waals surface area (Å²) in [5, 5.41) is 10.1. The summed E-state index contributed by atoms with van der Waals surface area (Å²) in [5.41, 5.74) is 2.35. The third kappa shape index (κ3) is 2.76. The molecular formula is C14H13Br2NO. The molecule has 0 aliphatic carbocycles. The molecule has 0 saturated carbocycles. The van der Waals surface area contributed by atoms with Crippen LogP contribution in [-0.2, 0) is 0 Å². The Morgan fingerprint density at radius 1 is 0.944 bits per heavy atom. The standard InChI is InChI=1S/C12H7Br2N.C2H6O/c13-7-1-3-11-9(5-7)10-6-8(14)2-4-12(10)15-11;1-2-3/h1-6,15H;3H,2H2,1H3. The van der Waals surface area contributed by atoms with E-state index < -0.39 is 0 Å². The van der Waals surface area contributed by atoms with Gasteiger partial charge in [-0.2, -0.15) is 0 Å². The molecule has 3 rings (SSSR count). The average molecular weight is 371 g/mol. The van der Waals surface area contributed by atoms with E-state index in [0.29, 0.717) is 0 Å². The number of halogens is 2. The molecule has 2 aromatic carbocycles. The maximum atomic E-state index is 7.57. The van der Waals surface area contributed by atoms with Crippen LogP contribution in [0.3, 0.4) is 0 Å². The number of rotatable bonds is 0. The number of benzene rings is 2. The third-order valence-corrected chi connectivity index (χ3v) is 3.51. The Morgan fingerprint density at radius 2 is 1.33 bits per heavy atom. The van der Waals surface area contributed by atoms with Gasteiger partial charge in [-0.25, -0.2) is 0 Å². The van der Waals surface area contributed by atoms with Crippen LogP contribution >= 0.6 is 31.9 Å². The van der Waals surface area contributed by atoms with Crippen molar-refractivity contribution in [2.75, 3.05) is 6.61 Å². The molecule has 0 unspecified atom stereocenters. The second-order valence-electron chi connectivity index (χ2n) is 3.82. The summed E-state index contributed by atoms with van der Waals surface area (Å²) in [4.78, 5) is 3.39. The average Bonchev–Trinajstić information content (AvgIpc) is 2.68. The van der Waals surface area contributed by atoms with Crippen molar-refractivity contribution in [2.45, 2.75) is 6.92 Å². The normalized spacial score (nSPS) is 10.4. The first kappa shape index (κ1) is 13.6. The van der Waals surface area contributed by atoms with Crippen LogP contribution in [0, 0.1) is 0 Å². The largest absolute Gasteiger partial charge is 0.397 e. The van der Waals surface area contributed by atoms with Gasteiger partial charge in [0.1, 0.15) is 0 Å². The quantitative estimate of drug-likeness (QED) is 0.583. The molecule has 0 atom stereocenters. The van der Waals surface area contributed by atoms with Crippen LogP contribution in [0.1, 0.15) is 6.92 Å². The van der Waals surface area contributed by atoms with Gasteiger partial charge in [0.25, 0.3) is 0 Å². The highest BCUT2D eigenvalue weighted by Crippen LogP contribution is 2.29. The number of hydrogen-bond acceptors (Lipinski definition) is 1. The lowest BCUT2D eigenvalue weighted by atomic mass is 10.2. The van der Waals surface area contributed by atoms with Crippen molar-refractivity contribution in [1.29, 1.82) is 0 Å². The van der Waals surface area contributed by atoms with Crippen LogP contribution in [-0.4, -0.2) is 16.7 Å². The van der Waals surface area contributed by atoms with E-state index >= 15 is 0 Å². The molecule has 18 heavy (non-hydrogen) atoms. The Bertz CT molecular complexity index is 620. The zero-order valence-electron chi connectivity index (χ0n) is 9.87. The van der Waals surface area contributed by atoms with E-state index in [2.05, 4.69) is 61.1 Å². The Hall–Kier alpha value is -0.840. The second-order valence-corrected chi connectivity index (χ2v) is 5.65. The molecule has 0 aliphatic rings. The van der Waals surface area contributed by atoms with Gasteiger partial charge in [0.15, 0.2) is 0 Å². The van der Waals surface area contributed by atoms with Crippen molar-refractivity contribution in [3.8, 4) is 0 Å². The maximum Gasteiger partial charge on any atom is 0.0465 e. The minimum Gasteiger partial charge on any atom is -0.397 e. The number of aliphatic hydroxyl groups is 1. The summed E-state index contributed by atoms with van der Waals surface area (Å²) < 4.78 is 2.21. The van der Waals surface area contributed by atoms with Crippen molar-refractivity contribution in [2.24, 2.45) is 0 Å². The fourth-order valence-electron chi connectivity index (χ4n) is 1.84. The fraction of sp³-hybridized carbons (Fsp3) is 0.143. The highest BCUT2D eigenvalue weighted by Gasteiger charge is 2.04. The molecule has 0 saturated heterocycles. The lowest BCUT2D eigenvalue weighted by molar-refractivity contribution is 0.318. The fourth-order valence-corrected chi connectivity index (χ4v) is 2.56. The van der Waals surface area contributed by atoms with Crippen LogP contribution in [0.4, 0.5) is 0 Å². The molecule has 2 N–H and O–H groups in total. The van der Waals surface area contributed by atoms with Crippen molar-refractivity contribution < 1.29 is 5.11 Å². The summed E-state index contributed by atoms with van der Waals surface area (Å²) in [6, 6.07) is 12.6. The molecule has 2 nitrogen and oxygen atoms in total. The smallest absolute Gasteiger partial charge is 0.0465 e. The summed E-state index contributed by atoms with van der Waals surface area (Å²) in [6.45, 7) is 1.93. The van der Waals surface area contributed by atoms with Crippen LogP contribution in [0.25, 0.3) is 21.8 Å². The van der Waals surface area contributed by atoms with E-state index in [4.69, 9.17) is 5.11 Å². The van der Waals surface area contributed by atoms with Crippen LogP contribution < -0.4 is 0 Å². The van der Waals surface area contributed by atoms with Crippen LogP contribution in [0.15, 0.2) is 45.3 Å². The van der Waals surface area contributed by atoms with Crippen molar-refractivity contribution in [3.63, 3.8) is 0 Å². The van der Waals surface area contributed by atoms with Crippen LogP contribution in [0.2, 0.25) is 0 Å². The predicted octanol–water partition coefficient (Wildman–Crippen LogP) is 4.84. The minimum atomic E-state index is 0.250. The lowest BCUT2D eigenvalue weighted by Gasteiger charge is -1.93. The topological polar surface area (TPSA) is 36.0 Å². The first-order valence-electron chi connectivity index (χ1n) is 5.63. The van der Waals surface area contributed by atoms with Crippen LogP contribution in [0.5, 0.6) is 0 Å². The highest BCUT2D eigenvalue weighted by atomic mass is 79.9. The predicted molar refractivity (Wildman–Crippen MR) is 84.0 cm³/mol. The maximum absolute atomic E-state index is 7.57. The highest BCUT2D eigenvalue weighted by molar-refractivity contribution is 9.10. The Kier molecular flexibility index (Phi) is 4.43. The summed E-state index contributed by atoms with van der Waals surface area (Å²) in [5.74, 6) is 0. The van der Waals surface area contributed by atoms with E-state index in [-0.39, 0.29) is 6.61 Å². The molecule has 0 aliphatic heterocycles. The molecule has 0 radical (unpaired) electrons. The Balaban J connectivity index is 0.000000367. The lowest BCUT2D eigenvalue weighted by Crippen LogP contribution is -1.67. The number of fused-ring (bicyclic) bond motifs is 3. The molecule has 3 aromatic rings. The van der Waals surface area contributed by atoms with Crippen molar-refractivity contribution >= 4 is 53.7 Å².